The number of nitrogens with zero attached hydrogens (tertiary/aromatic N) is 1. The summed E-state index contributed by atoms with van der Waals surface area (Å²) in [7, 11) is 1.48. The van der Waals surface area contributed by atoms with E-state index >= 15 is 0 Å². The van der Waals surface area contributed by atoms with Gasteiger partial charge in [0.25, 0.3) is 5.91 Å². The Labute approximate surface area is 183 Å². The SMILES string of the molecule is CCOc1cc2c(cc1/C=C1/NC(=O)N(CC(=O)Nc3ccccc3OC)C1=O)OCO2. The second-order valence-electron chi connectivity index (χ2n) is 6.80. The van der Waals surface area contributed by atoms with Gasteiger partial charge in [0.15, 0.2) is 11.5 Å². The van der Waals surface area contributed by atoms with Crippen molar-refractivity contribution in [2.24, 2.45) is 0 Å². The molecule has 4 rings (SSSR count). The van der Waals surface area contributed by atoms with E-state index in [1.165, 1.54) is 13.2 Å². The van der Waals surface area contributed by atoms with Gasteiger partial charge in [0, 0.05) is 11.6 Å². The molecule has 0 aliphatic carbocycles. The second kappa shape index (κ2) is 8.88. The van der Waals surface area contributed by atoms with Crippen molar-refractivity contribution in [2.45, 2.75) is 6.92 Å². The zero-order chi connectivity index (χ0) is 22.7. The van der Waals surface area contributed by atoms with E-state index in [1.807, 2.05) is 6.92 Å². The maximum atomic E-state index is 12.8. The van der Waals surface area contributed by atoms with Gasteiger partial charge in [0.05, 0.1) is 19.4 Å². The summed E-state index contributed by atoms with van der Waals surface area (Å²) in [6, 6.07) is 9.46. The van der Waals surface area contributed by atoms with Crippen molar-refractivity contribution < 1.29 is 33.3 Å². The molecule has 1 fully saturated rings. The maximum Gasteiger partial charge on any atom is 0.329 e. The first-order valence-electron chi connectivity index (χ1n) is 9.84. The molecule has 0 unspecified atom stereocenters. The van der Waals surface area contributed by atoms with Crippen LogP contribution in [0.3, 0.4) is 0 Å². The van der Waals surface area contributed by atoms with Crippen LogP contribution in [-0.2, 0) is 9.59 Å². The Balaban J connectivity index is 1.52. The molecule has 32 heavy (non-hydrogen) atoms. The van der Waals surface area contributed by atoms with Crippen LogP contribution < -0.4 is 29.6 Å². The number of imide groups is 1. The molecule has 0 saturated carbocycles. The number of carbonyl (C=O) groups is 3. The summed E-state index contributed by atoms with van der Waals surface area (Å²) in [5.41, 5.74) is 0.976. The largest absolute Gasteiger partial charge is 0.495 e. The number of para-hydroxylation sites is 2. The van der Waals surface area contributed by atoms with Gasteiger partial charge in [-0.05, 0) is 31.2 Å². The Hall–Kier alpha value is -4.21. The van der Waals surface area contributed by atoms with Gasteiger partial charge in [0.1, 0.15) is 23.7 Å². The van der Waals surface area contributed by atoms with Crippen molar-refractivity contribution in [2.75, 3.05) is 32.4 Å². The highest BCUT2D eigenvalue weighted by Crippen LogP contribution is 2.39. The molecule has 2 N–H and O–H groups in total. The van der Waals surface area contributed by atoms with Crippen LogP contribution in [0.5, 0.6) is 23.0 Å². The van der Waals surface area contributed by atoms with Gasteiger partial charge in [-0.15, -0.1) is 0 Å². The van der Waals surface area contributed by atoms with Gasteiger partial charge >= 0.3 is 6.03 Å². The second-order valence-corrected chi connectivity index (χ2v) is 6.80. The lowest BCUT2D eigenvalue weighted by atomic mass is 10.1. The Morgan fingerprint density at radius 2 is 1.94 bits per heavy atom. The quantitative estimate of drug-likeness (QED) is 0.503. The minimum absolute atomic E-state index is 0.0138. The number of benzene rings is 2. The van der Waals surface area contributed by atoms with Crippen molar-refractivity contribution in [3.63, 3.8) is 0 Å². The number of anilines is 1. The Morgan fingerprint density at radius 3 is 2.69 bits per heavy atom. The number of nitrogens with one attached hydrogen (secondary N) is 2. The van der Waals surface area contributed by atoms with Gasteiger partial charge in [-0.2, -0.15) is 0 Å². The summed E-state index contributed by atoms with van der Waals surface area (Å²) < 4.78 is 21.5. The highest BCUT2D eigenvalue weighted by molar-refractivity contribution is 6.16. The van der Waals surface area contributed by atoms with Gasteiger partial charge in [-0.3, -0.25) is 9.59 Å². The normalized spacial score (nSPS) is 15.7. The Bertz CT molecular complexity index is 1110. The van der Waals surface area contributed by atoms with E-state index in [0.717, 1.165) is 4.90 Å². The monoisotopic (exact) mass is 439 g/mol. The van der Waals surface area contributed by atoms with E-state index in [-0.39, 0.29) is 12.5 Å². The molecule has 2 aromatic carbocycles. The summed E-state index contributed by atoms with van der Waals surface area (Å²) >= 11 is 0. The fourth-order valence-corrected chi connectivity index (χ4v) is 3.28. The summed E-state index contributed by atoms with van der Waals surface area (Å²) in [5.74, 6) is 0.795. The zero-order valence-corrected chi connectivity index (χ0v) is 17.5. The molecule has 2 aromatic rings. The number of hydrogen-bond acceptors (Lipinski definition) is 7. The molecular weight excluding hydrogens is 418 g/mol. The van der Waals surface area contributed by atoms with Crippen LogP contribution in [0.25, 0.3) is 6.08 Å². The van der Waals surface area contributed by atoms with E-state index in [2.05, 4.69) is 10.6 Å². The number of ether oxygens (including phenoxy) is 4. The molecule has 0 spiro atoms. The van der Waals surface area contributed by atoms with E-state index < -0.39 is 24.4 Å². The van der Waals surface area contributed by atoms with Gasteiger partial charge in [-0.25, -0.2) is 9.69 Å². The van der Waals surface area contributed by atoms with Gasteiger partial charge in [0.2, 0.25) is 12.7 Å². The molecule has 10 heteroatoms. The number of methoxy groups -OCH3 is 1. The van der Waals surface area contributed by atoms with Crippen LogP contribution in [0.1, 0.15) is 12.5 Å². The molecule has 2 heterocycles. The third-order valence-electron chi connectivity index (χ3n) is 4.75. The molecule has 0 bridgehead atoms. The topological polar surface area (TPSA) is 115 Å². The van der Waals surface area contributed by atoms with Crippen molar-refractivity contribution in [3.8, 4) is 23.0 Å². The Kier molecular flexibility index (Phi) is 5.84. The van der Waals surface area contributed by atoms with Crippen LogP contribution in [0, 0.1) is 0 Å². The molecule has 2 aliphatic rings. The van der Waals surface area contributed by atoms with Crippen LogP contribution in [0.4, 0.5) is 10.5 Å². The fraction of sp³-hybridized carbons (Fsp3) is 0.227. The van der Waals surface area contributed by atoms with E-state index in [4.69, 9.17) is 18.9 Å². The summed E-state index contributed by atoms with van der Waals surface area (Å²) in [4.78, 5) is 38.4. The smallest absolute Gasteiger partial charge is 0.329 e. The average Bonchev–Trinajstić information content (AvgIpc) is 3.33. The van der Waals surface area contributed by atoms with Crippen LogP contribution in [-0.4, -0.2) is 49.8 Å². The third kappa shape index (κ3) is 4.15. The lowest BCUT2D eigenvalue weighted by Gasteiger charge is -2.13. The van der Waals surface area contributed by atoms with Gasteiger partial charge in [-0.1, -0.05) is 12.1 Å². The molecule has 10 nitrogen and oxygen atoms in total. The highest BCUT2D eigenvalue weighted by Gasteiger charge is 2.35. The first-order valence-corrected chi connectivity index (χ1v) is 9.84. The predicted octanol–water partition coefficient (Wildman–Crippen LogP) is 2.35. The molecule has 0 radical (unpaired) electrons. The van der Waals surface area contributed by atoms with Crippen LogP contribution >= 0.6 is 0 Å². The third-order valence-corrected chi connectivity index (χ3v) is 4.75. The highest BCUT2D eigenvalue weighted by atomic mass is 16.7. The molecule has 0 atom stereocenters. The molecule has 4 amide bonds. The number of carbonyl (C=O) groups excluding carboxylic acids is 3. The number of hydrogen-bond donors (Lipinski definition) is 2. The molecule has 166 valence electrons. The minimum Gasteiger partial charge on any atom is -0.495 e. The summed E-state index contributed by atoms with van der Waals surface area (Å²) in [6.07, 6.45) is 1.48. The number of fused-ring (bicyclic) bond motifs is 1. The zero-order valence-electron chi connectivity index (χ0n) is 17.5. The number of urea groups is 1. The van der Waals surface area contributed by atoms with Crippen molar-refractivity contribution in [1.29, 1.82) is 0 Å². The maximum absolute atomic E-state index is 12.8. The van der Waals surface area contributed by atoms with Crippen molar-refractivity contribution in [3.05, 3.63) is 47.7 Å². The first-order chi connectivity index (χ1) is 15.5. The predicted molar refractivity (Wildman–Crippen MR) is 114 cm³/mol. The average molecular weight is 439 g/mol. The summed E-state index contributed by atoms with van der Waals surface area (Å²) in [6.45, 7) is 1.85. The molecule has 2 aliphatic heterocycles. The van der Waals surface area contributed by atoms with Gasteiger partial charge < -0.3 is 29.6 Å². The fourth-order valence-electron chi connectivity index (χ4n) is 3.28. The first kappa shape index (κ1) is 21.0. The van der Waals surface area contributed by atoms with E-state index in [9.17, 15) is 14.4 Å². The number of amides is 4. The minimum atomic E-state index is -0.699. The summed E-state index contributed by atoms with van der Waals surface area (Å²) in [5, 5.41) is 5.14. The standard InChI is InChI=1S/C22H21N3O7/c1-3-30-17-10-19-18(31-12-32-19)9-13(17)8-15-21(27)25(22(28)24-15)11-20(26)23-14-6-4-5-7-16(14)29-2/h4-10H,3,11-12H2,1-2H3,(H,23,26)(H,24,28)/b15-8+. The molecule has 1 saturated heterocycles. The number of rotatable bonds is 7. The van der Waals surface area contributed by atoms with E-state index in [1.54, 1.807) is 36.4 Å². The molecule has 0 aromatic heterocycles. The lowest BCUT2D eigenvalue weighted by molar-refractivity contribution is -0.127. The van der Waals surface area contributed by atoms with Crippen molar-refractivity contribution in [1.82, 2.24) is 10.2 Å². The van der Waals surface area contributed by atoms with Crippen LogP contribution in [0.2, 0.25) is 0 Å². The molecular formula is C22H21N3O7. The lowest BCUT2D eigenvalue weighted by Crippen LogP contribution is -2.38. The van der Waals surface area contributed by atoms with Crippen LogP contribution in [0.15, 0.2) is 42.1 Å². The van der Waals surface area contributed by atoms with Crippen molar-refractivity contribution >= 4 is 29.6 Å². The van der Waals surface area contributed by atoms with E-state index in [0.29, 0.717) is 40.9 Å². The Morgan fingerprint density at radius 1 is 1.19 bits per heavy atom.